The maximum absolute atomic E-state index is 11.7. The molecule has 10 nitrogen and oxygen atoms in total. The van der Waals surface area contributed by atoms with E-state index in [9.17, 15) is 9.90 Å². The summed E-state index contributed by atoms with van der Waals surface area (Å²) in [7, 11) is 0. The first kappa shape index (κ1) is 28.8. The van der Waals surface area contributed by atoms with Crippen molar-refractivity contribution in [1.82, 2.24) is 10.1 Å². The van der Waals surface area contributed by atoms with Crippen LogP contribution in [0.3, 0.4) is 0 Å². The number of benzene rings is 2. The Morgan fingerprint density at radius 3 is 2.53 bits per heavy atom. The third kappa shape index (κ3) is 5.58. The van der Waals surface area contributed by atoms with Crippen molar-refractivity contribution in [3.8, 4) is 22.2 Å². The predicted molar refractivity (Wildman–Crippen MR) is 159 cm³/mol. The minimum atomic E-state index is -1.04. The zero-order chi connectivity index (χ0) is 29.8. The quantitative estimate of drug-likeness (QED) is 0.198. The van der Waals surface area contributed by atoms with Crippen molar-refractivity contribution in [2.45, 2.75) is 69.7 Å². The summed E-state index contributed by atoms with van der Waals surface area (Å²) in [5, 5.41) is 15.3. The first-order chi connectivity index (χ1) is 20.8. The number of carbonyl (C=O) groups is 1. The number of ether oxygens (including phenoxy) is 5. The zero-order valence-corrected chi connectivity index (χ0v) is 25.6. The van der Waals surface area contributed by atoms with Crippen LogP contribution in [-0.4, -0.2) is 65.0 Å². The van der Waals surface area contributed by atoms with Gasteiger partial charge in [-0.1, -0.05) is 45.8 Å². The van der Waals surface area contributed by atoms with Gasteiger partial charge in [-0.2, -0.15) is 4.98 Å². The molecule has 0 amide bonds. The number of thiazole rings is 1. The van der Waals surface area contributed by atoms with Gasteiger partial charge in [-0.15, -0.1) is 0 Å². The molecule has 2 aromatic heterocycles. The highest BCUT2D eigenvalue weighted by molar-refractivity contribution is 7.20. The van der Waals surface area contributed by atoms with E-state index in [0.717, 1.165) is 24.2 Å². The molecule has 0 unspecified atom stereocenters. The van der Waals surface area contributed by atoms with Gasteiger partial charge in [0.05, 0.1) is 46.2 Å². The summed E-state index contributed by atoms with van der Waals surface area (Å²) in [6.45, 7) is 4.60. The Bertz CT molecular complexity index is 1670. The topological polar surface area (TPSA) is 122 Å². The van der Waals surface area contributed by atoms with Gasteiger partial charge in [0.2, 0.25) is 0 Å². The summed E-state index contributed by atoms with van der Waals surface area (Å²) in [5.74, 6) is 0.471. The van der Waals surface area contributed by atoms with Crippen molar-refractivity contribution >= 4 is 50.7 Å². The summed E-state index contributed by atoms with van der Waals surface area (Å²) in [5.41, 5.74) is 2.72. The van der Waals surface area contributed by atoms with E-state index in [2.05, 4.69) is 10.1 Å². The molecule has 0 radical (unpaired) electrons. The molecule has 4 atom stereocenters. The van der Waals surface area contributed by atoms with Crippen LogP contribution in [0.1, 0.15) is 54.3 Å². The molecule has 0 spiro atoms. The summed E-state index contributed by atoms with van der Waals surface area (Å²) >= 11 is 14.3. The van der Waals surface area contributed by atoms with Gasteiger partial charge in [-0.05, 0) is 51.0 Å². The zero-order valence-electron chi connectivity index (χ0n) is 23.2. The number of carboxylic acids is 1. The second-order valence-corrected chi connectivity index (χ2v) is 12.9. The van der Waals surface area contributed by atoms with Gasteiger partial charge in [-0.3, -0.25) is 0 Å². The molecular formula is C30H28Cl2N2O8S. The lowest BCUT2D eigenvalue weighted by molar-refractivity contribution is -0.0428. The number of halogens is 2. The molecule has 13 heteroatoms. The average molecular weight is 648 g/mol. The summed E-state index contributed by atoms with van der Waals surface area (Å²) in [4.78, 5) is 16.3. The van der Waals surface area contributed by atoms with Crippen LogP contribution in [-0.2, 0) is 20.8 Å². The molecule has 43 heavy (non-hydrogen) atoms. The Labute approximate surface area is 260 Å². The Hall–Kier alpha value is -2.93. The number of hydrogen-bond acceptors (Lipinski definition) is 10. The fourth-order valence-corrected chi connectivity index (χ4v) is 7.04. The number of aromatic carboxylic acids is 1. The molecule has 226 valence electrons. The van der Waals surface area contributed by atoms with Gasteiger partial charge < -0.3 is 33.3 Å². The van der Waals surface area contributed by atoms with Crippen molar-refractivity contribution in [3.63, 3.8) is 0 Å². The fourth-order valence-electron chi connectivity index (χ4n) is 5.54. The van der Waals surface area contributed by atoms with E-state index < -0.39 is 12.1 Å². The smallest absolute Gasteiger partial charge is 0.335 e. The van der Waals surface area contributed by atoms with Gasteiger partial charge in [-0.25, -0.2) is 4.79 Å². The lowest BCUT2D eigenvalue weighted by Crippen LogP contribution is -2.35. The second kappa shape index (κ2) is 11.5. The highest BCUT2D eigenvalue weighted by Gasteiger charge is 2.50. The van der Waals surface area contributed by atoms with Crippen LogP contribution in [0.5, 0.6) is 10.9 Å². The lowest BCUT2D eigenvalue weighted by Gasteiger charge is -2.17. The summed E-state index contributed by atoms with van der Waals surface area (Å²) < 4.78 is 37.1. The minimum Gasteiger partial charge on any atom is -0.489 e. The Morgan fingerprint density at radius 1 is 1.12 bits per heavy atom. The lowest BCUT2D eigenvalue weighted by atomic mass is 10.0. The first-order valence-electron chi connectivity index (χ1n) is 14.1. The van der Waals surface area contributed by atoms with Gasteiger partial charge in [0.25, 0.3) is 5.19 Å². The van der Waals surface area contributed by atoms with Crippen molar-refractivity contribution in [1.29, 1.82) is 0 Å². The number of hydrogen-bond donors (Lipinski definition) is 1. The van der Waals surface area contributed by atoms with Gasteiger partial charge in [0, 0.05) is 17.0 Å². The van der Waals surface area contributed by atoms with Crippen molar-refractivity contribution < 1.29 is 38.1 Å². The number of aromatic nitrogens is 2. The monoisotopic (exact) mass is 646 g/mol. The normalized spacial score (nSPS) is 23.3. The third-order valence-corrected chi connectivity index (χ3v) is 9.20. The second-order valence-electron chi connectivity index (χ2n) is 11.1. The summed E-state index contributed by atoms with van der Waals surface area (Å²) in [6, 6.07) is 8.40. The highest BCUT2D eigenvalue weighted by Crippen LogP contribution is 2.46. The number of carboxylic acid groups (broad SMARTS) is 1. The Kier molecular flexibility index (Phi) is 7.73. The maximum Gasteiger partial charge on any atom is 0.335 e. The average Bonchev–Trinajstić information content (AvgIpc) is 3.26. The van der Waals surface area contributed by atoms with E-state index in [1.54, 1.807) is 24.3 Å². The van der Waals surface area contributed by atoms with E-state index in [4.69, 9.17) is 51.4 Å². The largest absolute Gasteiger partial charge is 0.489 e. The number of nitrogens with zero attached hydrogens (tertiary/aromatic N) is 2. The van der Waals surface area contributed by atoms with Crippen LogP contribution >= 0.6 is 34.5 Å². The van der Waals surface area contributed by atoms with E-state index >= 15 is 0 Å². The molecule has 1 N–H and O–H groups in total. The van der Waals surface area contributed by atoms with Crippen LogP contribution in [0, 0.1) is 0 Å². The Morgan fingerprint density at radius 2 is 1.84 bits per heavy atom. The van der Waals surface area contributed by atoms with E-state index in [0.29, 0.717) is 61.6 Å². The van der Waals surface area contributed by atoms with Crippen LogP contribution < -0.4 is 9.47 Å². The molecule has 1 aliphatic carbocycles. The highest BCUT2D eigenvalue weighted by atomic mass is 35.5. The summed E-state index contributed by atoms with van der Waals surface area (Å²) in [6.07, 6.45) is 0.465. The molecule has 0 bridgehead atoms. The number of fused-ring (bicyclic) bond motifs is 2. The van der Waals surface area contributed by atoms with Crippen molar-refractivity contribution in [2.24, 2.45) is 0 Å². The Balaban J connectivity index is 1.06. The van der Waals surface area contributed by atoms with E-state index in [-0.39, 0.29) is 36.6 Å². The minimum absolute atomic E-state index is 0.124. The van der Waals surface area contributed by atoms with Gasteiger partial charge in [0.15, 0.2) is 6.10 Å². The van der Waals surface area contributed by atoms with Gasteiger partial charge >= 0.3 is 5.97 Å². The van der Waals surface area contributed by atoms with Crippen molar-refractivity contribution in [3.05, 3.63) is 57.3 Å². The van der Waals surface area contributed by atoms with Crippen LogP contribution in [0.2, 0.25) is 10.0 Å². The van der Waals surface area contributed by atoms with Crippen LogP contribution in [0.4, 0.5) is 0 Å². The SMILES string of the molecule is CC(C)Oc1cc(C(=O)O)cc2sc(O[C@@H]3CO[C@H]4[C@@H]3OC[C@@H]4OCc3c(-c4c(Cl)cccc4Cl)noc3C3CC3)nc12. The third-order valence-electron chi connectivity index (χ3n) is 7.67. The molecule has 2 aromatic carbocycles. The van der Waals surface area contributed by atoms with E-state index in [1.165, 1.54) is 17.4 Å². The van der Waals surface area contributed by atoms with Gasteiger partial charge in [0.1, 0.15) is 41.0 Å². The molecule has 2 saturated heterocycles. The molecule has 7 rings (SSSR count). The van der Waals surface area contributed by atoms with Crippen molar-refractivity contribution in [2.75, 3.05) is 13.2 Å². The maximum atomic E-state index is 11.7. The number of rotatable bonds is 10. The first-order valence-corrected chi connectivity index (χ1v) is 15.6. The standard InChI is InChI=1S/C30H28Cl2N2O8S/c1-13(2)40-19-8-15(29(35)36)9-22-25(19)33-30(43-22)41-21-12-39-27-20(11-38-28(21)27)37-10-16-24(34-42-26(16)14-6-7-14)23-17(31)4-3-5-18(23)32/h3-5,8-9,13-14,20-21,27-28H,6-7,10-12H2,1-2H3,(H,35,36)/t20-,21+,27+,28+/m0/s1. The fraction of sp³-hybridized carbons (Fsp3) is 0.433. The molecule has 3 fully saturated rings. The predicted octanol–water partition coefficient (Wildman–Crippen LogP) is 6.75. The molecule has 2 aliphatic heterocycles. The molecule has 4 heterocycles. The molecule has 4 aromatic rings. The molecular weight excluding hydrogens is 619 g/mol. The van der Waals surface area contributed by atoms with E-state index in [1.807, 2.05) is 13.8 Å². The van der Waals surface area contributed by atoms with Crippen LogP contribution in [0.25, 0.3) is 21.5 Å². The molecule has 3 aliphatic rings. The van der Waals surface area contributed by atoms with Crippen LogP contribution in [0.15, 0.2) is 34.9 Å². The molecule has 1 saturated carbocycles.